The number of anilines is 1. The third kappa shape index (κ3) is 2.50. The van der Waals surface area contributed by atoms with Crippen LogP contribution in [0.5, 0.6) is 0 Å². The van der Waals surface area contributed by atoms with Gasteiger partial charge in [0.25, 0.3) is 0 Å². The monoisotopic (exact) mass is 268 g/mol. The second-order valence-electron chi connectivity index (χ2n) is 4.43. The van der Waals surface area contributed by atoms with Crippen molar-refractivity contribution in [2.45, 2.75) is 18.6 Å². The molecule has 2 unspecified atom stereocenters. The zero-order valence-corrected chi connectivity index (χ0v) is 9.91. The molecule has 0 aliphatic carbocycles. The summed E-state index contributed by atoms with van der Waals surface area (Å²) in [4.78, 5) is 23.3. The van der Waals surface area contributed by atoms with Crippen LogP contribution >= 0.6 is 0 Å². The summed E-state index contributed by atoms with van der Waals surface area (Å²) in [7, 11) is 0. The van der Waals surface area contributed by atoms with Crippen molar-refractivity contribution in [1.29, 1.82) is 0 Å². The molecule has 1 aliphatic rings. The molecule has 1 saturated heterocycles. The van der Waals surface area contributed by atoms with Gasteiger partial charge in [0.1, 0.15) is 11.9 Å². The van der Waals surface area contributed by atoms with Crippen molar-refractivity contribution in [1.82, 2.24) is 0 Å². The summed E-state index contributed by atoms with van der Waals surface area (Å²) >= 11 is 0. The van der Waals surface area contributed by atoms with Gasteiger partial charge in [0.2, 0.25) is 5.91 Å². The van der Waals surface area contributed by atoms with E-state index in [0.717, 1.165) is 6.07 Å². The lowest BCUT2D eigenvalue weighted by Crippen LogP contribution is -2.36. The van der Waals surface area contributed by atoms with Gasteiger partial charge in [-0.3, -0.25) is 4.79 Å². The molecule has 7 heteroatoms. The number of carbonyl (C=O) groups excluding carboxylic acids is 1. The van der Waals surface area contributed by atoms with Crippen LogP contribution in [0.15, 0.2) is 18.2 Å². The van der Waals surface area contributed by atoms with Gasteiger partial charge in [0.05, 0.1) is 11.8 Å². The second-order valence-corrected chi connectivity index (χ2v) is 4.43. The number of hydrogen-bond acceptors (Lipinski definition) is 4. The Labute approximate surface area is 108 Å². The van der Waals surface area contributed by atoms with Gasteiger partial charge in [-0.05, 0) is 18.2 Å². The molecule has 0 spiro atoms. The summed E-state index contributed by atoms with van der Waals surface area (Å²) in [5.41, 5.74) is 5.07. The Morgan fingerprint density at radius 2 is 2.11 bits per heavy atom. The Hall–Kier alpha value is -2.15. The average Bonchev–Trinajstić information content (AvgIpc) is 2.71. The van der Waals surface area contributed by atoms with Gasteiger partial charge in [0.15, 0.2) is 0 Å². The molecule has 0 aromatic heterocycles. The molecule has 1 aromatic rings. The van der Waals surface area contributed by atoms with E-state index in [0.29, 0.717) is 0 Å². The summed E-state index contributed by atoms with van der Waals surface area (Å²) in [5, 5.41) is 18.6. The van der Waals surface area contributed by atoms with Crippen LogP contribution in [0.4, 0.5) is 10.1 Å². The van der Waals surface area contributed by atoms with Crippen molar-refractivity contribution >= 4 is 17.6 Å². The van der Waals surface area contributed by atoms with E-state index >= 15 is 0 Å². The molecule has 6 nitrogen and oxygen atoms in total. The van der Waals surface area contributed by atoms with Crippen molar-refractivity contribution < 1.29 is 24.2 Å². The average molecular weight is 268 g/mol. The first kappa shape index (κ1) is 13.3. The normalized spacial score (nSPS) is 22.5. The van der Waals surface area contributed by atoms with Crippen LogP contribution in [0.2, 0.25) is 0 Å². The minimum Gasteiger partial charge on any atom is -0.480 e. The summed E-state index contributed by atoms with van der Waals surface area (Å²) in [6.45, 7) is 0.0316. The highest BCUT2D eigenvalue weighted by Gasteiger charge is 2.37. The first-order valence-electron chi connectivity index (χ1n) is 5.67. The molecule has 1 amide bonds. The predicted octanol–water partition coefficient (Wildman–Crippen LogP) is -0.0512. The lowest BCUT2D eigenvalue weighted by Gasteiger charge is -2.24. The molecular formula is C12H13FN2O4. The summed E-state index contributed by atoms with van der Waals surface area (Å²) in [5.74, 6) is -2.63. The van der Waals surface area contributed by atoms with Crippen LogP contribution in [0, 0.1) is 5.82 Å². The zero-order valence-electron chi connectivity index (χ0n) is 9.91. The van der Waals surface area contributed by atoms with E-state index in [9.17, 15) is 19.1 Å². The molecule has 1 aromatic carbocycles. The molecule has 1 fully saturated rings. The number of carboxylic acids is 1. The number of aliphatic carboxylic acids is 1. The summed E-state index contributed by atoms with van der Waals surface area (Å²) < 4.78 is 13.9. The SMILES string of the molecule is NC(=O)c1ccc(N2CC(O)CC2C(=O)O)c(F)c1. The third-order valence-electron chi connectivity index (χ3n) is 3.11. The number of benzene rings is 1. The van der Waals surface area contributed by atoms with Gasteiger partial charge in [-0.25, -0.2) is 9.18 Å². The molecule has 19 heavy (non-hydrogen) atoms. The topological polar surface area (TPSA) is 104 Å². The number of aliphatic hydroxyl groups is 1. The lowest BCUT2D eigenvalue weighted by molar-refractivity contribution is -0.138. The number of carboxylic acid groups (broad SMARTS) is 1. The highest BCUT2D eigenvalue weighted by atomic mass is 19.1. The fourth-order valence-electron chi connectivity index (χ4n) is 2.21. The van der Waals surface area contributed by atoms with E-state index in [1.807, 2.05) is 0 Å². The molecule has 4 N–H and O–H groups in total. The largest absolute Gasteiger partial charge is 0.480 e. The predicted molar refractivity (Wildman–Crippen MR) is 64.3 cm³/mol. The maximum Gasteiger partial charge on any atom is 0.326 e. The molecule has 2 atom stereocenters. The Morgan fingerprint density at radius 1 is 1.42 bits per heavy atom. The zero-order chi connectivity index (χ0) is 14.2. The highest BCUT2D eigenvalue weighted by Crippen LogP contribution is 2.28. The quantitative estimate of drug-likeness (QED) is 0.713. The van der Waals surface area contributed by atoms with Gasteiger partial charge >= 0.3 is 5.97 Å². The van der Waals surface area contributed by atoms with Gasteiger partial charge < -0.3 is 20.8 Å². The van der Waals surface area contributed by atoms with Crippen LogP contribution in [0.3, 0.4) is 0 Å². The molecule has 2 rings (SSSR count). The van der Waals surface area contributed by atoms with E-state index in [1.54, 1.807) is 0 Å². The van der Waals surface area contributed by atoms with E-state index in [2.05, 4.69) is 0 Å². The first-order chi connectivity index (χ1) is 8.90. The van der Waals surface area contributed by atoms with Gasteiger partial charge in [0, 0.05) is 18.5 Å². The van der Waals surface area contributed by atoms with Crippen molar-refractivity contribution in [2.24, 2.45) is 5.73 Å². The minimum absolute atomic E-state index is 0.00729. The fourth-order valence-corrected chi connectivity index (χ4v) is 2.21. The number of nitrogens with two attached hydrogens (primary N) is 1. The molecule has 102 valence electrons. The number of hydrogen-bond donors (Lipinski definition) is 3. The standard InChI is InChI=1S/C12H13FN2O4/c13-8-3-6(11(14)17)1-2-9(8)15-5-7(16)4-10(15)12(18)19/h1-3,7,10,16H,4-5H2,(H2,14,17)(H,18,19). The number of β-amino-alcohol motifs (C(OH)–C–C–N with tert-alkyl or cyclic N) is 1. The Morgan fingerprint density at radius 3 is 2.63 bits per heavy atom. The molecule has 0 radical (unpaired) electrons. The van der Waals surface area contributed by atoms with Crippen molar-refractivity contribution in [3.8, 4) is 0 Å². The Kier molecular flexibility index (Phi) is 3.39. The number of rotatable bonds is 3. The van der Waals surface area contributed by atoms with Crippen molar-refractivity contribution in [3.63, 3.8) is 0 Å². The fraction of sp³-hybridized carbons (Fsp3) is 0.333. The van der Waals surface area contributed by atoms with E-state index < -0.39 is 29.8 Å². The maximum atomic E-state index is 13.9. The number of primary amides is 1. The third-order valence-corrected chi connectivity index (χ3v) is 3.11. The van der Waals surface area contributed by atoms with Crippen LogP contribution in [0.25, 0.3) is 0 Å². The van der Waals surface area contributed by atoms with Crippen molar-refractivity contribution in [3.05, 3.63) is 29.6 Å². The molecular weight excluding hydrogens is 255 g/mol. The van der Waals surface area contributed by atoms with E-state index in [-0.39, 0.29) is 24.2 Å². The highest BCUT2D eigenvalue weighted by molar-refractivity contribution is 5.93. The molecule has 1 heterocycles. The van der Waals surface area contributed by atoms with Crippen LogP contribution < -0.4 is 10.6 Å². The first-order valence-corrected chi connectivity index (χ1v) is 5.67. The molecule has 1 aliphatic heterocycles. The Balaban J connectivity index is 2.36. The number of nitrogens with zero attached hydrogens (tertiary/aromatic N) is 1. The van der Waals surface area contributed by atoms with Gasteiger partial charge in [-0.15, -0.1) is 0 Å². The summed E-state index contributed by atoms with van der Waals surface area (Å²) in [6.07, 6.45) is -0.789. The number of amides is 1. The van der Waals surface area contributed by atoms with Gasteiger partial charge in [-0.2, -0.15) is 0 Å². The second kappa shape index (κ2) is 4.85. The lowest BCUT2D eigenvalue weighted by atomic mass is 10.1. The van der Waals surface area contributed by atoms with E-state index in [1.165, 1.54) is 17.0 Å². The maximum absolute atomic E-state index is 13.9. The Bertz CT molecular complexity index is 534. The molecule has 0 saturated carbocycles. The minimum atomic E-state index is -1.13. The smallest absolute Gasteiger partial charge is 0.326 e. The van der Waals surface area contributed by atoms with Crippen LogP contribution in [-0.4, -0.2) is 40.8 Å². The van der Waals surface area contributed by atoms with E-state index in [4.69, 9.17) is 10.8 Å². The van der Waals surface area contributed by atoms with Gasteiger partial charge in [-0.1, -0.05) is 0 Å². The number of aliphatic hydroxyl groups excluding tert-OH is 1. The van der Waals surface area contributed by atoms with Crippen molar-refractivity contribution in [2.75, 3.05) is 11.4 Å². The number of carbonyl (C=O) groups is 2. The number of halogens is 1. The summed E-state index contributed by atoms with van der Waals surface area (Å²) in [6, 6.07) is 2.60. The van der Waals surface area contributed by atoms with Crippen LogP contribution in [-0.2, 0) is 4.79 Å². The van der Waals surface area contributed by atoms with Crippen LogP contribution in [0.1, 0.15) is 16.8 Å². The molecule has 0 bridgehead atoms.